The van der Waals surface area contributed by atoms with E-state index in [0.29, 0.717) is 13.2 Å². The van der Waals surface area contributed by atoms with Gasteiger partial charge in [-0.25, -0.2) is 0 Å². The Labute approximate surface area is 96.8 Å². The number of hydrogen-bond donors (Lipinski definition) is 2. The van der Waals surface area contributed by atoms with E-state index in [1.165, 1.54) is 0 Å². The van der Waals surface area contributed by atoms with Crippen LogP contribution in [0.5, 0.6) is 0 Å². The average Bonchev–Trinajstić information content (AvgIpc) is 2.35. The number of hydrogen-bond acceptors (Lipinski definition) is 4. The molecule has 5 nitrogen and oxygen atoms in total. The second kappa shape index (κ2) is 6.83. The maximum absolute atomic E-state index is 11.7. The van der Waals surface area contributed by atoms with Gasteiger partial charge in [0, 0.05) is 19.6 Å². The molecule has 0 aromatic carbocycles. The lowest BCUT2D eigenvalue weighted by Gasteiger charge is -2.35. The maximum atomic E-state index is 11.7. The van der Waals surface area contributed by atoms with E-state index in [1.807, 2.05) is 13.8 Å². The molecule has 0 spiro atoms. The van der Waals surface area contributed by atoms with Crippen LogP contribution < -0.4 is 5.32 Å². The molecule has 1 fully saturated rings. The van der Waals surface area contributed by atoms with E-state index in [0.717, 1.165) is 19.5 Å². The van der Waals surface area contributed by atoms with Crippen molar-refractivity contribution in [3.8, 4) is 0 Å². The number of carbonyl (C=O) groups excluding carboxylic acids is 1. The van der Waals surface area contributed by atoms with Crippen molar-refractivity contribution in [3.05, 3.63) is 0 Å². The third kappa shape index (κ3) is 3.73. The van der Waals surface area contributed by atoms with E-state index in [9.17, 15) is 4.79 Å². The first-order chi connectivity index (χ1) is 7.69. The van der Waals surface area contributed by atoms with Crippen LogP contribution in [0.25, 0.3) is 0 Å². The van der Waals surface area contributed by atoms with Gasteiger partial charge in [0.1, 0.15) is 0 Å². The number of nitrogens with zero attached hydrogens (tertiary/aromatic N) is 1. The van der Waals surface area contributed by atoms with Crippen LogP contribution in [0.3, 0.4) is 0 Å². The Hall–Kier alpha value is -0.650. The third-order valence-corrected chi connectivity index (χ3v) is 2.85. The van der Waals surface area contributed by atoms with Crippen LogP contribution in [0.4, 0.5) is 0 Å². The zero-order valence-electron chi connectivity index (χ0n) is 10.1. The Morgan fingerprint density at radius 1 is 1.69 bits per heavy atom. The molecule has 5 heteroatoms. The van der Waals surface area contributed by atoms with Crippen molar-refractivity contribution in [1.29, 1.82) is 0 Å². The number of ether oxygens (including phenoxy) is 1. The van der Waals surface area contributed by atoms with E-state index >= 15 is 0 Å². The van der Waals surface area contributed by atoms with Gasteiger partial charge in [0.15, 0.2) is 0 Å². The van der Waals surface area contributed by atoms with Crippen molar-refractivity contribution < 1.29 is 14.6 Å². The summed E-state index contributed by atoms with van der Waals surface area (Å²) in [7, 11) is 0. The van der Waals surface area contributed by atoms with Gasteiger partial charge >= 0.3 is 0 Å². The van der Waals surface area contributed by atoms with Gasteiger partial charge < -0.3 is 15.2 Å². The number of rotatable bonds is 5. The molecule has 1 aliphatic heterocycles. The lowest BCUT2D eigenvalue weighted by atomic mass is 10.2. The van der Waals surface area contributed by atoms with E-state index in [1.54, 1.807) is 0 Å². The number of morpholine rings is 1. The van der Waals surface area contributed by atoms with Crippen LogP contribution in [0, 0.1) is 0 Å². The number of carbonyl (C=O) groups is 1. The highest BCUT2D eigenvalue weighted by molar-refractivity contribution is 5.81. The minimum atomic E-state index is -0.157. The standard InChI is InChI=1S/C11H22N2O3/c1-3-4-12-11(15)9(2)13-5-6-16-10(7-13)8-14/h9-10,14H,3-8H2,1-2H3,(H,12,15). The molecule has 0 radical (unpaired) electrons. The van der Waals surface area contributed by atoms with Crippen LogP contribution in [0.2, 0.25) is 0 Å². The zero-order chi connectivity index (χ0) is 12.0. The van der Waals surface area contributed by atoms with Crippen LogP contribution >= 0.6 is 0 Å². The van der Waals surface area contributed by atoms with Gasteiger partial charge in [-0.1, -0.05) is 6.92 Å². The second-order valence-electron chi connectivity index (χ2n) is 4.14. The molecule has 16 heavy (non-hydrogen) atoms. The molecule has 2 N–H and O–H groups in total. The summed E-state index contributed by atoms with van der Waals surface area (Å²) < 4.78 is 5.35. The predicted octanol–water partition coefficient (Wildman–Crippen LogP) is -0.406. The molecule has 1 amide bonds. The SMILES string of the molecule is CCCNC(=O)C(C)N1CCOC(CO)C1. The summed E-state index contributed by atoms with van der Waals surface area (Å²) in [5.74, 6) is 0.0560. The first-order valence-corrected chi connectivity index (χ1v) is 5.93. The van der Waals surface area contributed by atoms with Gasteiger partial charge in [0.25, 0.3) is 0 Å². The molecule has 1 rings (SSSR count). The molecule has 1 saturated heterocycles. The van der Waals surface area contributed by atoms with Crippen molar-refractivity contribution in [2.75, 3.05) is 32.8 Å². The smallest absolute Gasteiger partial charge is 0.237 e. The number of amides is 1. The summed E-state index contributed by atoms with van der Waals surface area (Å²) in [5.41, 5.74) is 0. The second-order valence-corrected chi connectivity index (χ2v) is 4.14. The minimum absolute atomic E-state index is 0.0137. The molecular formula is C11H22N2O3. The van der Waals surface area contributed by atoms with E-state index in [2.05, 4.69) is 10.2 Å². The topological polar surface area (TPSA) is 61.8 Å². The Morgan fingerprint density at radius 3 is 3.06 bits per heavy atom. The lowest BCUT2D eigenvalue weighted by molar-refractivity contribution is -0.130. The Balaban J connectivity index is 2.39. The highest BCUT2D eigenvalue weighted by Crippen LogP contribution is 2.08. The fourth-order valence-electron chi connectivity index (χ4n) is 1.77. The molecule has 2 atom stereocenters. The summed E-state index contributed by atoms with van der Waals surface area (Å²) in [4.78, 5) is 13.8. The molecule has 0 aliphatic carbocycles. The van der Waals surface area contributed by atoms with Crippen molar-refractivity contribution in [2.45, 2.75) is 32.4 Å². The lowest BCUT2D eigenvalue weighted by Crippen LogP contribution is -2.53. The van der Waals surface area contributed by atoms with E-state index < -0.39 is 0 Å². The first-order valence-electron chi connectivity index (χ1n) is 5.93. The summed E-state index contributed by atoms with van der Waals surface area (Å²) >= 11 is 0. The molecule has 1 heterocycles. The molecule has 94 valence electrons. The molecule has 0 saturated carbocycles. The van der Waals surface area contributed by atoms with Gasteiger partial charge in [-0.2, -0.15) is 0 Å². The number of aliphatic hydroxyl groups excluding tert-OH is 1. The highest BCUT2D eigenvalue weighted by Gasteiger charge is 2.27. The van der Waals surface area contributed by atoms with E-state index in [4.69, 9.17) is 9.84 Å². The normalized spacial score (nSPS) is 24.1. The number of nitrogens with one attached hydrogen (secondary N) is 1. The maximum Gasteiger partial charge on any atom is 0.237 e. The van der Waals surface area contributed by atoms with Crippen molar-refractivity contribution in [1.82, 2.24) is 10.2 Å². The third-order valence-electron chi connectivity index (χ3n) is 2.85. The Kier molecular flexibility index (Phi) is 5.73. The fourth-order valence-corrected chi connectivity index (χ4v) is 1.77. The van der Waals surface area contributed by atoms with Gasteiger partial charge in [-0.05, 0) is 13.3 Å². The first kappa shape index (κ1) is 13.4. The Bertz CT molecular complexity index is 223. The summed E-state index contributed by atoms with van der Waals surface area (Å²) in [6.07, 6.45) is 0.788. The minimum Gasteiger partial charge on any atom is -0.394 e. The van der Waals surface area contributed by atoms with Crippen LogP contribution in [-0.2, 0) is 9.53 Å². The van der Waals surface area contributed by atoms with Gasteiger partial charge in [0.2, 0.25) is 5.91 Å². The largest absolute Gasteiger partial charge is 0.394 e. The van der Waals surface area contributed by atoms with Gasteiger partial charge in [0.05, 0.1) is 25.4 Å². The summed E-state index contributed by atoms with van der Waals surface area (Å²) in [5, 5.41) is 11.9. The van der Waals surface area contributed by atoms with Crippen LogP contribution in [-0.4, -0.2) is 60.9 Å². The molecular weight excluding hydrogens is 208 g/mol. The zero-order valence-corrected chi connectivity index (χ0v) is 10.1. The van der Waals surface area contributed by atoms with Crippen molar-refractivity contribution >= 4 is 5.91 Å². The predicted molar refractivity (Wildman–Crippen MR) is 61.2 cm³/mol. The number of aliphatic hydroxyl groups is 1. The quantitative estimate of drug-likeness (QED) is 0.674. The molecule has 0 aromatic heterocycles. The molecule has 0 aromatic rings. The highest BCUT2D eigenvalue weighted by atomic mass is 16.5. The van der Waals surface area contributed by atoms with Gasteiger partial charge in [-0.3, -0.25) is 9.69 Å². The fraction of sp³-hybridized carbons (Fsp3) is 0.909. The van der Waals surface area contributed by atoms with E-state index in [-0.39, 0.29) is 24.7 Å². The molecule has 2 unspecified atom stereocenters. The van der Waals surface area contributed by atoms with Crippen LogP contribution in [0.15, 0.2) is 0 Å². The van der Waals surface area contributed by atoms with Crippen molar-refractivity contribution in [2.24, 2.45) is 0 Å². The van der Waals surface area contributed by atoms with Crippen molar-refractivity contribution in [3.63, 3.8) is 0 Å². The average molecular weight is 230 g/mol. The monoisotopic (exact) mass is 230 g/mol. The van der Waals surface area contributed by atoms with Gasteiger partial charge in [-0.15, -0.1) is 0 Å². The summed E-state index contributed by atoms with van der Waals surface area (Å²) in [6, 6.07) is -0.149. The molecule has 0 bridgehead atoms. The Morgan fingerprint density at radius 2 is 2.44 bits per heavy atom. The summed E-state index contributed by atoms with van der Waals surface area (Å²) in [6.45, 7) is 6.61. The van der Waals surface area contributed by atoms with Crippen LogP contribution in [0.1, 0.15) is 20.3 Å². The molecule has 1 aliphatic rings.